The molecule has 3 rings (SSSR count). The fourth-order valence-corrected chi connectivity index (χ4v) is 3.36. The Bertz CT molecular complexity index is 695. The van der Waals surface area contributed by atoms with E-state index in [9.17, 15) is 9.59 Å². The van der Waals surface area contributed by atoms with E-state index in [0.29, 0.717) is 23.0 Å². The van der Waals surface area contributed by atoms with Gasteiger partial charge in [-0.3, -0.25) is 14.6 Å². The van der Waals surface area contributed by atoms with Crippen molar-refractivity contribution in [3.63, 3.8) is 0 Å². The van der Waals surface area contributed by atoms with E-state index in [1.165, 1.54) is 18.3 Å². The summed E-state index contributed by atoms with van der Waals surface area (Å²) in [6.07, 6.45) is 5.05. The van der Waals surface area contributed by atoms with Gasteiger partial charge in [0.25, 0.3) is 5.91 Å². The van der Waals surface area contributed by atoms with Crippen molar-refractivity contribution < 1.29 is 9.59 Å². The lowest BCUT2D eigenvalue weighted by atomic mass is 10.3. The van der Waals surface area contributed by atoms with Crippen LogP contribution in [0.3, 0.4) is 0 Å². The van der Waals surface area contributed by atoms with Gasteiger partial charge in [0.05, 0.1) is 16.1 Å². The first kappa shape index (κ1) is 15.4. The van der Waals surface area contributed by atoms with E-state index in [-0.39, 0.29) is 11.8 Å². The maximum Gasteiger partial charge on any atom is 0.264 e. The molecule has 1 aliphatic heterocycles. The standard InChI is InChI=1S/C15H17N5O2S/c1-11(21)18-14-3-2-12(23-14)15(22)20-8-6-19(7-9-20)13-10-16-4-5-17-13/h2-5,10H,6-9H2,1H3,(H,18,21). The first-order valence-corrected chi connectivity index (χ1v) is 8.13. The summed E-state index contributed by atoms with van der Waals surface area (Å²) in [7, 11) is 0. The highest BCUT2D eigenvalue weighted by molar-refractivity contribution is 7.18. The maximum absolute atomic E-state index is 12.5. The molecule has 0 unspecified atom stereocenters. The molecule has 7 nitrogen and oxygen atoms in total. The lowest BCUT2D eigenvalue weighted by molar-refractivity contribution is -0.114. The third-order valence-electron chi connectivity index (χ3n) is 3.56. The molecule has 1 fully saturated rings. The number of nitrogens with zero attached hydrogens (tertiary/aromatic N) is 4. The highest BCUT2D eigenvalue weighted by Gasteiger charge is 2.24. The Morgan fingerprint density at radius 1 is 1.17 bits per heavy atom. The zero-order chi connectivity index (χ0) is 16.2. The van der Waals surface area contributed by atoms with Crippen molar-refractivity contribution in [2.45, 2.75) is 6.92 Å². The van der Waals surface area contributed by atoms with Crippen molar-refractivity contribution >= 4 is 34.0 Å². The van der Waals surface area contributed by atoms with Crippen LogP contribution >= 0.6 is 11.3 Å². The van der Waals surface area contributed by atoms with Crippen LogP contribution in [0.4, 0.5) is 10.8 Å². The van der Waals surface area contributed by atoms with Gasteiger partial charge < -0.3 is 15.1 Å². The molecule has 120 valence electrons. The van der Waals surface area contributed by atoms with Crippen LogP contribution in [0, 0.1) is 0 Å². The van der Waals surface area contributed by atoms with Crippen LogP contribution in [0.1, 0.15) is 16.6 Å². The van der Waals surface area contributed by atoms with Crippen LogP contribution in [0.15, 0.2) is 30.7 Å². The molecule has 0 bridgehead atoms. The summed E-state index contributed by atoms with van der Waals surface area (Å²) in [6, 6.07) is 3.52. The van der Waals surface area contributed by atoms with Crippen molar-refractivity contribution in [2.24, 2.45) is 0 Å². The number of thiophene rings is 1. The second kappa shape index (κ2) is 6.74. The Morgan fingerprint density at radius 3 is 2.61 bits per heavy atom. The first-order chi connectivity index (χ1) is 11.1. The van der Waals surface area contributed by atoms with Crippen LogP contribution in [0.2, 0.25) is 0 Å². The Hall–Kier alpha value is -2.48. The SMILES string of the molecule is CC(=O)Nc1ccc(C(=O)N2CCN(c3cnccn3)CC2)s1. The molecule has 0 aliphatic carbocycles. The van der Waals surface area contributed by atoms with Gasteiger partial charge >= 0.3 is 0 Å². The van der Waals surface area contributed by atoms with E-state index in [4.69, 9.17) is 0 Å². The molecule has 0 atom stereocenters. The van der Waals surface area contributed by atoms with Gasteiger partial charge in [-0.25, -0.2) is 4.98 Å². The fourth-order valence-electron chi connectivity index (χ4n) is 2.44. The number of amides is 2. The number of carbonyl (C=O) groups is 2. The summed E-state index contributed by atoms with van der Waals surface area (Å²) in [5, 5.41) is 3.39. The quantitative estimate of drug-likeness (QED) is 0.921. The summed E-state index contributed by atoms with van der Waals surface area (Å²) in [5.41, 5.74) is 0. The van der Waals surface area contributed by atoms with E-state index in [2.05, 4.69) is 20.2 Å². The van der Waals surface area contributed by atoms with E-state index in [1.807, 2.05) is 4.90 Å². The second-order valence-electron chi connectivity index (χ2n) is 5.19. The first-order valence-electron chi connectivity index (χ1n) is 7.31. The van der Waals surface area contributed by atoms with Crippen molar-refractivity contribution in [1.82, 2.24) is 14.9 Å². The summed E-state index contributed by atoms with van der Waals surface area (Å²) >= 11 is 1.30. The largest absolute Gasteiger partial charge is 0.352 e. The van der Waals surface area contributed by atoms with Crippen LogP contribution in [-0.2, 0) is 4.79 Å². The molecular formula is C15H17N5O2S. The minimum atomic E-state index is -0.136. The zero-order valence-corrected chi connectivity index (χ0v) is 13.5. The summed E-state index contributed by atoms with van der Waals surface area (Å²) in [4.78, 5) is 36.5. The van der Waals surface area contributed by atoms with E-state index in [0.717, 1.165) is 18.9 Å². The molecule has 2 aromatic rings. The minimum Gasteiger partial charge on any atom is -0.352 e. The Balaban J connectivity index is 1.60. The normalized spacial score (nSPS) is 14.7. The highest BCUT2D eigenvalue weighted by atomic mass is 32.1. The van der Waals surface area contributed by atoms with Crippen LogP contribution in [0.25, 0.3) is 0 Å². The Kier molecular flexibility index (Phi) is 4.52. The number of piperazine rings is 1. The number of hydrogen-bond acceptors (Lipinski definition) is 6. The number of nitrogens with one attached hydrogen (secondary N) is 1. The molecule has 1 aliphatic rings. The summed E-state index contributed by atoms with van der Waals surface area (Å²) < 4.78 is 0. The monoisotopic (exact) mass is 331 g/mol. The van der Waals surface area contributed by atoms with Gasteiger partial charge in [0, 0.05) is 45.5 Å². The molecule has 23 heavy (non-hydrogen) atoms. The third-order valence-corrected chi connectivity index (χ3v) is 4.55. The van der Waals surface area contributed by atoms with Crippen LogP contribution in [0.5, 0.6) is 0 Å². The number of aromatic nitrogens is 2. The molecule has 0 spiro atoms. The van der Waals surface area contributed by atoms with E-state index in [1.54, 1.807) is 30.7 Å². The minimum absolute atomic E-state index is 0.00500. The highest BCUT2D eigenvalue weighted by Crippen LogP contribution is 2.24. The summed E-state index contributed by atoms with van der Waals surface area (Å²) in [6.45, 7) is 4.20. The number of rotatable bonds is 3. The topological polar surface area (TPSA) is 78.4 Å². The molecule has 0 saturated carbocycles. The van der Waals surface area contributed by atoms with Crippen molar-refractivity contribution in [3.05, 3.63) is 35.6 Å². The van der Waals surface area contributed by atoms with Crippen LogP contribution in [-0.4, -0.2) is 52.9 Å². The van der Waals surface area contributed by atoms with Gasteiger partial charge in [-0.1, -0.05) is 0 Å². The molecule has 2 amide bonds. The van der Waals surface area contributed by atoms with Gasteiger partial charge in [-0.2, -0.15) is 0 Å². The zero-order valence-electron chi connectivity index (χ0n) is 12.7. The molecule has 1 saturated heterocycles. The lowest BCUT2D eigenvalue weighted by Gasteiger charge is -2.35. The summed E-state index contributed by atoms with van der Waals surface area (Å²) in [5.74, 6) is 0.706. The van der Waals surface area contributed by atoms with Crippen molar-refractivity contribution in [3.8, 4) is 0 Å². The molecule has 3 heterocycles. The Morgan fingerprint density at radius 2 is 1.96 bits per heavy atom. The van der Waals surface area contributed by atoms with Crippen LogP contribution < -0.4 is 10.2 Å². The number of anilines is 2. The lowest BCUT2D eigenvalue weighted by Crippen LogP contribution is -2.48. The molecule has 0 aromatic carbocycles. The maximum atomic E-state index is 12.5. The number of carbonyl (C=O) groups excluding carboxylic acids is 2. The van der Waals surface area contributed by atoms with Gasteiger partial charge in [0.1, 0.15) is 5.82 Å². The van der Waals surface area contributed by atoms with Gasteiger partial charge in [-0.15, -0.1) is 11.3 Å². The molecule has 1 N–H and O–H groups in total. The van der Waals surface area contributed by atoms with Gasteiger partial charge in [-0.05, 0) is 12.1 Å². The molecular weight excluding hydrogens is 314 g/mol. The van der Waals surface area contributed by atoms with Gasteiger partial charge in [0.15, 0.2) is 0 Å². The molecule has 0 radical (unpaired) electrons. The molecule has 2 aromatic heterocycles. The fraction of sp³-hybridized carbons (Fsp3) is 0.333. The third kappa shape index (κ3) is 3.65. The number of hydrogen-bond donors (Lipinski definition) is 1. The average molecular weight is 331 g/mol. The second-order valence-corrected chi connectivity index (χ2v) is 6.27. The van der Waals surface area contributed by atoms with E-state index < -0.39 is 0 Å². The predicted molar refractivity (Wildman–Crippen MR) is 88.8 cm³/mol. The van der Waals surface area contributed by atoms with Crippen molar-refractivity contribution in [1.29, 1.82) is 0 Å². The van der Waals surface area contributed by atoms with Gasteiger partial charge in [0.2, 0.25) is 5.91 Å². The predicted octanol–water partition coefficient (Wildman–Crippen LogP) is 1.46. The smallest absolute Gasteiger partial charge is 0.264 e. The van der Waals surface area contributed by atoms with Crippen molar-refractivity contribution in [2.75, 3.05) is 36.4 Å². The average Bonchev–Trinajstić information content (AvgIpc) is 3.03. The Labute approximate surface area is 138 Å². The van der Waals surface area contributed by atoms with E-state index >= 15 is 0 Å². The molecule has 8 heteroatoms.